The molecule has 0 radical (unpaired) electrons. The first-order valence-corrected chi connectivity index (χ1v) is 4.68. The average molecular weight is 216 g/mol. The van der Waals surface area contributed by atoms with Crippen LogP contribution in [0.25, 0.3) is 0 Å². The van der Waals surface area contributed by atoms with Crippen LogP contribution in [0.4, 0.5) is 0 Å². The van der Waals surface area contributed by atoms with Crippen LogP contribution in [0.3, 0.4) is 0 Å². The number of ether oxygens (including phenoxy) is 1. The van der Waals surface area contributed by atoms with Gasteiger partial charge in [-0.25, -0.2) is 4.79 Å². The van der Waals surface area contributed by atoms with Crippen molar-refractivity contribution < 1.29 is 9.53 Å². The molecular weight excluding hydrogens is 204 g/mol. The Morgan fingerprint density at radius 1 is 1.00 bits per heavy atom. The standard InChI is InChI=1S/C8H8O2.C4H4N2/c1-10-8(9)7-5-3-2-4-6-7;1-2-6-4-3-5-1/h2-6H,1H3;1-4H. The van der Waals surface area contributed by atoms with Gasteiger partial charge in [0.25, 0.3) is 0 Å². The molecule has 0 spiro atoms. The molecule has 0 N–H and O–H groups in total. The number of carbonyl (C=O) groups excluding carboxylic acids is 1. The van der Waals surface area contributed by atoms with Crippen LogP contribution >= 0.6 is 0 Å². The number of carbonyl (C=O) groups is 1. The van der Waals surface area contributed by atoms with Gasteiger partial charge < -0.3 is 4.74 Å². The summed E-state index contributed by atoms with van der Waals surface area (Å²) in [5.41, 5.74) is 0.588. The van der Waals surface area contributed by atoms with Gasteiger partial charge in [-0.1, -0.05) is 18.2 Å². The minimum Gasteiger partial charge on any atom is -0.465 e. The molecule has 0 unspecified atom stereocenters. The molecule has 0 amide bonds. The second-order valence-corrected chi connectivity index (χ2v) is 2.75. The number of hydrogen-bond donors (Lipinski definition) is 0. The lowest BCUT2D eigenvalue weighted by Crippen LogP contribution is -1.99. The van der Waals surface area contributed by atoms with Crippen LogP contribution in [0.5, 0.6) is 0 Å². The van der Waals surface area contributed by atoms with Crippen LogP contribution in [0.1, 0.15) is 10.4 Å². The summed E-state index contributed by atoms with van der Waals surface area (Å²) in [5.74, 6) is -0.291. The summed E-state index contributed by atoms with van der Waals surface area (Å²) in [7, 11) is 1.37. The SMILES string of the molecule is COC(=O)c1ccccc1.c1cnccn1. The highest BCUT2D eigenvalue weighted by molar-refractivity contribution is 5.89. The highest BCUT2D eigenvalue weighted by Crippen LogP contribution is 1.98. The highest BCUT2D eigenvalue weighted by atomic mass is 16.5. The Kier molecular flexibility index (Phi) is 5.27. The van der Waals surface area contributed by atoms with Gasteiger partial charge in [0.05, 0.1) is 12.7 Å². The van der Waals surface area contributed by atoms with Gasteiger partial charge in [-0.3, -0.25) is 9.97 Å². The summed E-state index contributed by atoms with van der Waals surface area (Å²) in [5, 5.41) is 0. The fourth-order valence-electron chi connectivity index (χ4n) is 0.945. The lowest BCUT2D eigenvalue weighted by molar-refractivity contribution is 0.0601. The molecule has 0 bridgehead atoms. The van der Waals surface area contributed by atoms with E-state index in [0.717, 1.165) is 0 Å². The van der Waals surface area contributed by atoms with Crippen molar-refractivity contribution in [2.45, 2.75) is 0 Å². The van der Waals surface area contributed by atoms with Crippen molar-refractivity contribution in [3.05, 3.63) is 60.7 Å². The molecule has 1 aromatic carbocycles. The zero-order chi connectivity index (χ0) is 11.6. The molecule has 0 saturated heterocycles. The maximum atomic E-state index is 10.8. The quantitative estimate of drug-likeness (QED) is 0.684. The predicted octanol–water partition coefficient (Wildman–Crippen LogP) is 1.95. The van der Waals surface area contributed by atoms with E-state index < -0.39 is 0 Å². The predicted molar refractivity (Wildman–Crippen MR) is 59.8 cm³/mol. The minimum atomic E-state index is -0.291. The molecule has 0 aliphatic heterocycles. The summed E-state index contributed by atoms with van der Waals surface area (Å²) in [6, 6.07) is 8.88. The molecule has 0 fully saturated rings. The molecule has 16 heavy (non-hydrogen) atoms. The monoisotopic (exact) mass is 216 g/mol. The van der Waals surface area contributed by atoms with E-state index in [1.54, 1.807) is 49.1 Å². The maximum absolute atomic E-state index is 10.8. The van der Waals surface area contributed by atoms with Crippen molar-refractivity contribution in [3.63, 3.8) is 0 Å². The molecular formula is C12H12N2O2. The van der Waals surface area contributed by atoms with Crippen LogP contribution in [0.15, 0.2) is 55.1 Å². The number of nitrogens with zero attached hydrogens (tertiary/aromatic N) is 2. The molecule has 2 rings (SSSR count). The van der Waals surface area contributed by atoms with E-state index in [4.69, 9.17) is 0 Å². The van der Waals surface area contributed by atoms with Crippen molar-refractivity contribution in [1.29, 1.82) is 0 Å². The van der Waals surface area contributed by atoms with Gasteiger partial charge >= 0.3 is 5.97 Å². The Hall–Kier alpha value is -2.23. The van der Waals surface area contributed by atoms with Crippen LogP contribution in [-0.4, -0.2) is 23.0 Å². The van der Waals surface area contributed by atoms with Gasteiger partial charge in [0.2, 0.25) is 0 Å². The number of aromatic nitrogens is 2. The van der Waals surface area contributed by atoms with E-state index in [2.05, 4.69) is 14.7 Å². The Morgan fingerprint density at radius 3 is 1.88 bits per heavy atom. The molecule has 0 aliphatic rings. The molecule has 1 aromatic heterocycles. The number of esters is 1. The van der Waals surface area contributed by atoms with Gasteiger partial charge in [-0.2, -0.15) is 0 Å². The lowest BCUT2D eigenvalue weighted by Gasteiger charge is -1.95. The van der Waals surface area contributed by atoms with Gasteiger partial charge in [0.1, 0.15) is 0 Å². The summed E-state index contributed by atoms with van der Waals surface area (Å²) >= 11 is 0. The van der Waals surface area contributed by atoms with Crippen molar-refractivity contribution in [2.24, 2.45) is 0 Å². The van der Waals surface area contributed by atoms with E-state index in [1.807, 2.05) is 6.07 Å². The number of benzene rings is 1. The second kappa shape index (κ2) is 7.11. The first-order chi connectivity index (χ1) is 7.84. The first-order valence-electron chi connectivity index (χ1n) is 4.68. The van der Waals surface area contributed by atoms with Crippen LogP contribution in [0.2, 0.25) is 0 Å². The normalized spacial score (nSPS) is 8.56. The maximum Gasteiger partial charge on any atom is 0.337 e. The van der Waals surface area contributed by atoms with E-state index in [1.165, 1.54) is 7.11 Å². The first kappa shape index (κ1) is 11.8. The minimum absolute atomic E-state index is 0.291. The van der Waals surface area contributed by atoms with Gasteiger partial charge in [0, 0.05) is 24.8 Å². The highest BCUT2D eigenvalue weighted by Gasteiger charge is 2.00. The summed E-state index contributed by atoms with van der Waals surface area (Å²) in [6.07, 6.45) is 6.56. The summed E-state index contributed by atoms with van der Waals surface area (Å²) in [4.78, 5) is 18.2. The van der Waals surface area contributed by atoms with Gasteiger partial charge in [-0.05, 0) is 12.1 Å². The van der Waals surface area contributed by atoms with E-state index in [0.29, 0.717) is 5.56 Å². The molecule has 82 valence electrons. The van der Waals surface area contributed by atoms with E-state index >= 15 is 0 Å². The van der Waals surface area contributed by atoms with Crippen molar-refractivity contribution in [3.8, 4) is 0 Å². The Bertz CT molecular complexity index is 377. The number of methoxy groups -OCH3 is 1. The fraction of sp³-hybridized carbons (Fsp3) is 0.0833. The van der Waals surface area contributed by atoms with Crippen molar-refractivity contribution >= 4 is 5.97 Å². The third kappa shape index (κ3) is 4.32. The van der Waals surface area contributed by atoms with Gasteiger partial charge in [-0.15, -0.1) is 0 Å². The number of rotatable bonds is 1. The van der Waals surface area contributed by atoms with Crippen molar-refractivity contribution in [1.82, 2.24) is 9.97 Å². The smallest absolute Gasteiger partial charge is 0.337 e. The van der Waals surface area contributed by atoms with Crippen molar-refractivity contribution in [2.75, 3.05) is 7.11 Å². The topological polar surface area (TPSA) is 52.1 Å². The van der Waals surface area contributed by atoms with Crippen LogP contribution < -0.4 is 0 Å². The summed E-state index contributed by atoms with van der Waals surface area (Å²) < 4.78 is 4.50. The average Bonchev–Trinajstić information content (AvgIpc) is 2.41. The van der Waals surface area contributed by atoms with Crippen LogP contribution in [-0.2, 0) is 4.74 Å². The molecule has 0 atom stereocenters. The Balaban J connectivity index is 0.000000181. The number of hydrogen-bond acceptors (Lipinski definition) is 4. The molecule has 0 saturated carbocycles. The summed E-state index contributed by atoms with van der Waals surface area (Å²) in [6.45, 7) is 0. The molecule has 2 aromatic rings. The Morgan fingerprint density at radius 2 is 1.50 bits per heavy atom. The fourth-order valence-corrected chi connectivity index (χ4v) is 0.945. The molecule has 0 aliphatic carbocycles. The Labute approximate surface area is 93.9 Å². The zero-order valence-electron chi connectivity index (χ0n) is 8.91. The third-order valence-electron chi connectivity index (χ3n) is 1.67. The van der Waals surface area contributed by atoms with E-state index in [9.17, 15) is 4.79 Å². The largest absolute Gasteiger partial charge is 0.465 e. The zero-order valence-corrected chi connectivity index (χ0v) is 8.91. The van der Waals surface area contributed by atoms with Gasteiger partial charge in [0.15, 0.2) is 0 Å². The molecule has 4 nitrogen and oxygen atoms in total. The lowest BCUT2D eigenvalue weighted by atomic mass is 10.2. The molecule has 1 heterocycles. The third-order valence-corrected chi connectivity index (χ3v) is 1.67. The van der Waals surface area contributed by atoms with Crippen LogP contribution in [0, 0.1) is 0 Å². The second-order valence-electron chi connectivity index (χ2n) is 2.75. The molecule has 4 heteroatoms. The van der Waals surface area contributed by atoms with E-state index in [-0.39, 0.29) is 5.97 Å².